The molecule has 0 atom stereocenters. The molecular formula is C11H12N2O3. The third kappa shape index (κ3) is 1.98. The second kappa shape index (κ2) is 4.22. The van der Waals surface area contributed by atoms with E-state index in [-0.39, 0.29) is 5.91 Å². The van der Waals surface area contributed by atoms with Crippen LogP contribution in [-0.4, -0.2) is 11.1 Å². The van der Waals surface area contributed by atoms with Gasteiger partial charge in [-0.15, -0.1) is 0 Å². The van der Waals surface area contributed by atoms with Crippen molar-refractivity contribution in [3.63, 3.8) is 0 Å². The molecule has 2 heterocycles. The fourth-order valence-electron chi connectivity index (χ4n) is 1.42. The zero-order valence-corrected chi connectivity index (χ0v) is 9.11. The first-order valence-electron chi connectivity index (χ1n) is 4.90. The summed E-state index contributed by atoms with van der Waals surface area (Å²) in [7, 11) is 0. The number of aryl methyl sites for hydroxylation is 2. The number of aromatic nitrogens is 1. The van der Waals surface area contributed by atoms with Crippen molar-refractivity contribution in [3.8, 4) is 0 Å². The van der Waals surface area contributed by atoms with E-state index < -0.39 is 0 Å². The van der Waals surface area contributed by atoms with Gasteiger partial charge >= 0.3 is 0 Å². The highest BCUT2D eigenvalue weighted by atomic mass is 16.5. The number of carbonyl (C=O) groups is 1. The Morgan fingerprint density at radius 1 is 1.50 bits per heavy atom. The van der Waals surface area contributed by atoms with Gasteiger partial charge in [0.25, 0.3) is 5.91 Å². The summed E-state index contributed by atoms with van der Waals surface area (Å²) in [6, 6.07) is 1.61. The van der Waals surface area contributed by atoms with E-state index >= 15 is 0 Å². The summed E-state index contributed by atoms with van der Waals surface area (Å²) in [5.74, 6) is 0.554. The average Bonchev–Trinajstić information content (AvgIpc) is 2.87. The van der Waals surface area contributed by atoms with Crippen LogP contribution in [0.1, 0.15) is 27.4 Å². The molecule has 0 aliphatic heterocycles. The molecule has 1 N–H and O–H groups in total. The van der Waals surface area contributed by atoms with Gasteiger partial charge in [0.15, 0.2) is 0 Å². The molecule has 0 fully saturated rings. The number of hydrogen-bond acceptors (Lipinski definition) is 4. The van der Waals surface area contributed by atoms with Crippen molar-refractivity contribution < 1.29 is 13.7 Å². The standard InChI is InChI=1S/C11H12N2O3/c1-7-10(8(2)16-13-7)5-12-11(14)9-3-4-15-6-9/h3-4,6H,5H2,1-2H3,(H,12,14). The highest BCUT2D eigenvalue weighted by molar-refractivity contribution is 5.93. The molecule has 0 bridgehead atoms. The van der Waals surface area contributed by atoms with Gasteiger partial charge in [0.05, 0.1) is 17.5 Å². The van der Waals surface area contributed by atoms with Crippen LogP contribution < -0.4 is 5.32 Å². The van der Waals surface area contributed by atoms with Crippen LogP contribution in [0, 0.1) is 13.8 Å². The second-order valence-electron chi connectivity index (χ2n) is 3.50. The molecule has 16 heavy (non-hydrogen) atoms. The summed E-state index contributed by atoms with van der Waals surface area (Å²) in [6.45, 7) is 4.07. The molecule has 1 amide bonds. The molecule has 84 valence electrons. The van der Waals surface area contributed by atoms with Crippen LogP contribution in [-0.2, 0) is 6.54 Å². The van der Waals surface area contributed by atoms with Gasteiger partial charge in [-0.05, 0) is 19.9 Å². The molecule has 0 saturated heterocycles. The van der Waals surface area contributed by atoms with Crippen molar-refractivity contribution in [2.24, 2.45) is 0 Å². The number of nitrogens with zero attached hydrogens (tertiary/aromatic N) is 1. The first-order valence-corrected chi connectivity index (χ1v) is 4.90. The smallest absolute Gasteiger partial charge is 0.254 e. The fraction of sp³-hybridized carbons (Fsp3) is 0.273. The molecule has 5 heteroatoms. The Balaban J connectivity index is 2.01. The Morgan fingerprint density at radius 3 is 2.88 bits per heavy atom. The number of hydrogen-bond donors (Lipinski definition) is 1. The normalized spacial score (nSPS) is 10.4. The Kier molecular flexibility index (Phi) is 2.76. The molecule has 0 aliphatic rings. The van der Waals surface area contributed by atoms with E-state index in [0.29, 0.717) is 12.1 Å². The van der Waals surface area contributed by atoms with Crippen LogP contribution in [0.4, 0.5) is 0 Å². The summed E-state index contributed by atoms with van der Waals surface area (Å²) >= 11 is 0. The first kappa shape index (κ1) is 10.5. The predicted octanol–water partition coefficient (Wildman–Crippen LogP) is 1.81. The van der Waals surface area contributed by atoms with Crippen LogP contribution >= 0.6 is 0 Å². The van der Waals surface area contributed by atoms with Crippen LogP contribution in [0.25, 0.3) is 0 Å². The number of carbonyl (C=O) groups excluding carboxylic acids is 1. The van der Waals surface area contributed by atoms with Crippen LogP contribution in [0.2, 0.25) is 0 Å². The number of amides is 1. The maximum absolute atomic E-state index is 11.6. The Hall–Kier alpha value is -2.04. The van der Waals surface area contributed by atoms with E-state index in [1.165, 1.54) is 12.5 Å². The maximum Gasteiger partial charge on any atom is 0.254 e. The topological polar surface area (TPSA) is 68.3 Å². The summed E-state index contributed by atoms with van der Waals surface area (Å²) in [4.78, 5) is 11.6. The van der Waals surface area contributed by atoms with Gasteiger partial charge in [0.2, 0.25) is 0 Å². The SMILES string of the molecule is Cc1noc(C)c1CNC(=O)c1ccoc1. The zero-order chi connectivity index (χ0) is 11.5. The highest BCUT2D eigenvalue weighted by Gasteiger charge is 2.11. The molecule has 2 rings (SSSR count). The third-order valence-electron chi connectivity index (χ3n) is 2.39. The molecule has 2 aromatic rings. The lowest BCUT2D eigenvalue weighted by Crippen LogP contribution is -2.22. The minimum Gasteiger partial charge on any atom is -0.472 e. The van der Waals surface area contributed by atoms with Crippen molar-refractivity contribution in [1.82, 2.24) is 10.5 Å². The van der Waals surface area contributed by atoms with Crippen molar-refractivity contribution >= 4 is 5.91 Å². The lowest BCUT2D eigenvalue weighted by Gasteiger charge is -2.02. The largest absolute Gasteiger partial charge is 0.472 e. The van der Waals surface area contributed by atoms with Gasteiger partial charge in [0, 0.05) is 12.1 Å². The van der Waals surface area contributed by atoms with Gasteiger partial charge in [-0.3, -0.25) is 4.79 Å². The predicted molar refractivity (Wildman–Crippen MR) is 55.9 cm³/mol. The van der Waals surface area contributed by atoms with Crippen LogP contribution in [0.5, 0.6) is 0 Å². The molecule has 2 aromatic heterocycles. The molecule has 0 spiro atoms. The van der Waals surface area contributed by atoms with E-state index in [4.69, 9.17) is 8.94 Å². The summed E-state index contributed by atoms with van der Waals surface area (Å²) in [5, 5.41) is 6.58. The Bertz CT molecular complexity index is 466. The third-order valence-corrected chi connectivity index (χ3v) is 2.39. The van der Waals surface area contributed by atoms with E-state index in [2.05, 4.69) is 10.5 Å². The van der Waals surface area contributed by atoms with E-state index in [0.717, 1.165) is 17.0 Å². The second-order valence-corrected chi connectivity index (χ2v) is 3.50. The van der Waals surface area contributed by atoms with Crippen LogP contribution in [0.15, 0.2) is 27.5 Å². The van der Waals surface area contributed by atoms with Gasteiger partial charge in [0.1, 0.15) is 12.0 Å². The molecule has 0 saturated carbocycles. The van der Waals surface area contributed by atoms with E-state index in [1.54, 1.807) is 6.07 Å². The average molecular weight is 220 g/mol. The lowest BCUT2D eigenvalue weighted by atomic mass is 10.2. The van der Waals surface area contributed by atoms with E-state index in [1.807, 2.05) is 13.8 Å². The number of furan rings is 1. The van der Waals surface area contributed by atoms with Gasteiger partial charge in [-0.25, -0.2) is 0 Å². The van der Waals surface area contributed by atoms with E-state index in [9.17, 15) is 4.79 Å². The minimum atomic E-state index is -0.172. The summed E-state index contributed by atoms with van der Waals surface area (Å²) in [6.07, 6.45) is 2.87. The van der Waals surface area contributed by atoms with Crippen molar-refractivity contribution in [3.05, 3.63) is 41.2 Å². The van der Waals surface area contributed by atoms with Gasteiger partial charge in [-0.1, -0.05) is 5.16 Å². The number of nitrogens with one attached hydrogen (secondary N) is 1. The summed E-state index contributed by atoms with van der Waals surface area (Å²) in [5.41, 5.74) is 2.22. The van der Waals surface area contributed by atoms with Crippen LogP contribution in [0.3, 0.4) is 0 Å². The first-order chi connectivity index (χ1) is 7.68. The monoisotopic (exact) mass is 220 g/mol. The molecule has 0 radical (unpaired) electrons. The molecular weight excluding hydrogens is 208 g/mol. The minimum absolute atomic E-state index is 0.172. The zero-order valence-electron chi connectivity index (χ0n) is 9.11. The van der Waals surface area contributed by atoms with Crippen molar-refractivity contribution in [2.75, 3.05) is 0 Å². The van der Waals surface area contributed by atoms with Crippen molar-refractivity contribution in [1.29, 1.82) is 0 Å². The van der Waals surface area contributed by atoms with Crippen molar-refractivity contribution in [2.45, 2.75) is 20.4 Å². The highest BCUT2D eigenvalue weighted by Crippen LogP contribution is 2.11. The maximum atomic E-state index is 11.6. The Labute approximate surface area is 92.4 Å². The quantitative estimate of drug-likeness (QED) is 0.856. The van der Waals surface area contributed by atoms with Gasteiger partial charge in [-0.2, -0.15) is 0 Å². The summed E-state index contributed by atoms with van der Waals surface area (Å²) < 4.78 is 9.83. The molecule has 0 aliphatic carbocycles. The molecule has 5 nitrogen and oxygen atoms in total. The Morgan fingerprint density at radius 2 is 2.31 bits per heavy atom. The molecule has 0 unspecified atom stereocenters. The van der Waals surface area contributed by atoms with Gasteiger partial charge < -0.3 is 14.3 Å². The fourth-order valence-corrected chi connectivity index (χ4v) is 1.42. The lowest BCUT2D eigenvalue weighted by molar-refractivity contribution is 0.0950. The molecule has 0 aromatic carbocycles. The number of rotatable bonds is 3.